The molecule has 0 amide bonds. The summed E-state index contributed by atoms with van der Waals surface area (Å²) in [5.74, 6) is 1.23. The van der Waals surface area contributed by atoms with E-state index in [2.05, 4.69) is 20.6 Å². The average molecular weight is 389 g/mol. The summed E-state index contributed by atoms with van der Waals surface area (Å²) in [6.45, 7) is 1.55. The zero-order chi connectivity index (χ0) is 17.9. The maximum Gasteiger partial charge on any atom is 0.229 e. The van der Waals surface area contributed by atoms with E-state index in [1.165, 1.54) is 0 Å². The van der Waals surface area contributed by atoms with Crippen LogP contribution in [0.1, 0.15) is 12.8 Å². The summed E-state index contributed by atoms with van der Waals surface area (Å²) in [5.41, 5.74) is 1.51. The maximum atomic E-state index is 6.27. The molecule has 1 unspecified atom stereocenters. The predicted molar refractivity (Wildman–Crippen MR) is 107 cm³/mol. The first-order valence-corrected chi connectivity index (χ1v) is 9.29. The summed E-state index contributed by atoms with van der Waals surface area (Å²) in [6.07, 6.45) is 2.40. The molecule has 0 saturated carbocycles. The molecule has 0 spiro atoms. The number of ether oxygens (including phenoxy) is 1. The molecule has 134 valence electrons. The Morgan fingerprint density at radius 1 is 1.08 bits per heavy atom. The zero-order valence-corrected chi connectivity index (χ0v) is 15.5. The highest BCUT2D eigenvalue weighted by atomic mass is 35.5. The highest BCUT2D eigenvalue weighted by Gasteiger charge is 2.16. The monoisotopic (exact) mass is 388 g/mol. The largest absolute Gasteiger partial charge is 0.376 e. The van der Waals surface area contributed by atoms with Gasteiger partial charge in [0, 0.05) is 18.5 Å². The molecule has 0 bridgehead atoms. The second-order valence-corrected chi connectivity index (χ2v) is 6.94. The van der Waals surface area contributed by atoms with Gasteiger partial charge in [-0.3, -0.25) is 0 Å². The van der Waals surface area contributed by atoms with E-state index in [1.807, 2.05) is 36.4 Å². The van der Waals surface area contributed by atoms with E-state index in [4.69, 9.17) is 27.9 Å². The van der Waals surface area contributed by atoms with Crippen molar-refractivity contribution < 1.29 is 4.74 Å². The van der Waals surface area contributed by atoms with Crippen LogP contribution in [0.3, 0.4) is 0 Å². The Labute approximate surface area is 161 Å². The van der Waals surface area contributed by atoms with Crippen molar-refractivity contribution in [3.05, 3.63) is 52.5 Å². The number of para-hydroxylation sites is 1. The molecule has 3 aromatic rings. The van der Waals surface area contributed by atoms with Crippen LogP contribution in [0, 0.1) is 0 Å². The van der Waals surface area contributed by atoms with Gasteiger partial charge >= 0.3 is 0 Å². The van der Waals surface area contributed by atoms with Crippen molar-refractivity contribution in [1.29, 1.82) is 0 Å². The first-order chi connectivity index (χ1) is 12.7. The van der Waals surface area contributed by atoms with E-state index in [-0.39, 0.29) is 6.10 Å². The molecule has 0 radical (unpaired) electrons. The molecule has 26 heavy (non-hydrogen) atoms. The van der Waals surface area contributed by atoms with Crippen LogP contribution in [0.5, 0.6) is 0 Å². The Morgan fingerprint density at radius 2 is 1.96 bits per heavy atom. The maximum absolute atomic E-state index is 6.27. The van der Waals surface area contributed by atoms with Crippen molar-refractivity contribution in [3.63, 3.8) is 0 Å². The van der Waals surface area contributed by atoms with Crippen molar-refractivity contribution in [1.82, 2.24) is 9.97 Å². The molecular formula is C19H18Cl2N4O. The number of nitrogens with zero attached hydrogens (tertiary/aromatic N) is 2. The molecule has 2 heterocycles. The smallest absolute Gasteiger partial charge is 0.229 e. The number of nitrogens with one attached hydrogen (secondary N) is 2. The van der Waals surface area contributed by atoms with Gasteiger partial charge in [-0.15, -0.1) is 0 Å². The van der Waals surface area contributed by atoms with Crippen LogP contribution in [0.2, 0.25) is 10.0 Å². The lowest BCUT2D eigenvalue weighted by atomic mass is 10.2. The van der Waals surface area contributed by atoms with Gasteiger partial charge < -0.3 is 15.4 Å². The predicted octanol–water partition coefficient (Wildman–Crippen LogP) is 5.27. The normalized spacial score (nSPS) is 16.8. The molecule has 2 N–H and O–H groups in total. The number of rotatable bonds is 5. The quantitative estimate of drug-likeness (QED) is 0.623. The van der Waals surface area contributed by atoms with Gasteiger partial charge in [-0.1, -0.05) is 41.4 Å². The summed E-state index contributed by atoms with van der Waals surface area (Å²) in [7, 11) is 0. The van der Waals surface area contributed by atoms with E-state index in [1.54, 1.807) is 6.07 Å². The Kier molecular flexibility index (Phi) is 5.11. The molecular weight excluding hydrogens is 371 g/mol. The molecule has 7 heteroatoms. The topological polar surface area (TPSA) is 59.1 Å². The Bertz CT molecular complexity index is 929. The van der Waals surface area contributed by atoms with E-state index in [0.717, 1.165) is 42.7 Å². The summed E-state index contributed by atoms with van der Waals surface area (Å²) >= 11 is 12.4. The van der Waals surface area contributed by atoms with Crippen molar-refractivity contribution in [3.8, 4) is 0 Å². The molecule has 1 aliphatic rings. The summed E-state index contributed by atoms with van der Waals surface area (Å²) in [6, 6.07) is 13.3. The number of hydrogen-bond donors (Lipinski definition) is 2. The van der Waals surface area contributed by atoms with E-state index < -0.39 is 0 Å². The van der Waals surface area contributed by atoms with Crippen molar-refractivity contribution in [2.75, 3.05) is 23.8 Å². The van der Waals surface area contributed by atoms with Crippen LogP contribution in [0.15, 0.2) is 42.5 Å². The molecule has 4 rings (SSSR count). The lowest BCUT2D eigenvalue weighted by Gasteiger charge is -2.15. The average Bonchev–Trinajstić information content (AvgIpc) is 3.17. The summed E-state index contributed by atoms with van der Waals surface area (Å²) < 4.78 is 5.69. The molecule has 2 aromatic carbocycles. The lowest BCUT2D eigenvalue weighted by Crippen LogP contribution is -2.19. The molecule has 1 aromatic heterocycles. The minimum Gasteiger partial charge on any atom is -0.376 e. The Balaban J connectivity index is 1.65. The first-order valence-electron chi connectivity index (χ1n) is 8.54. The van der Waals surface area contributed by atoms with E-state index >= 15 is 0 Å². The van der Waals surface area contributed by atoms with E-state index in [9.17, 15) is 0 Å². The van der Waals surface area contributed by atoms with Gasteiger partial charge in [0.05, 0.1) is 27.4 Å². The fourth-order valence-electron chi connectivity index (χ4n) is 3.00. The van der Waals surface area contributed by atoms with Crippen LogP contribution >= 0.6 is 23.2 Å². The van der Waals surface area contributed by atoms with Crippen molar-refractivity contribution in [2.45, 2.75) is 18.9 Å². The number of benzene rings is 2. The second kappa shape index (κ2) is 7.66. The van der Waals surface area contributed by atoms with Gasteiger partial charge in [0.2, 0.25) is 5.95 Å². The highest BCUT2D eigenvalue weighted by molar-refractivity contribution is 6.43. The lowest BCUT2D eigenvalue weighted by molar-refractivity contribution is 0.120. The van der Waals surface area contributed by atoms with Gasteiger partial charge in [-0.25, -0.2) is 4.98 Å². The summed E-state index contributed by atoms with van der Waals surface area (Å²) in [5, 5.41) is 8.46. The van der Waals surface area contributed by atoms with Gasteiger partial charge in [-0.2, -0.15) is 4.98 Å². The van der Waals surface area contributed by atoms with Crippen molar-refractivity contribution in [2.24, 2.45) is 0 Å². The van der Waals surface area contributed by atoms with Crippen LogP contribution in [0.4, 0.5) is 17.5 Å². The number of aromatic nitrogens is 2. The first kappa shape index (κ1) is 17.3. The fraction of sp³-hybridized carbons (Fsp3) is 0.263. The minimum absolute atomic E-state index is 0.225. The third kappa shape index (κ3) is 3.70. The third-order valence-corrected chi connectivity index (χ3v) is 5.14. The molecule has 5 nitrogen and oxygen atoms in total. The van der Waals surface area contributed by atoms with E-state index in [0.29, 0.717) is 21.7 Å². The van der Waals surface area contributed by atoms with Gasteiger partial charge in [0.15, 0.2) is 0 Å². The second-order valence-electron chi connectivity index (χ2n) is 6.16. The summed E-state index contributed by atoms with van der Waals surface area (Å²) in [4.78, 5) is 9.22. The van der Waals surface area contributed by atoms with Crippen molar-refractivity contribution >= 4 is 51.6 Å². The van der Waals surface area contributed by atoms with Gasteiger partial charge in [0.1, 0.15) is 5.82 Å². The molecule has 0 aliphatic carbocycles. The Morgan fingerprint density at radius 3 is 2.81 bits per heavy atom. The Hall–Kier alpha value is -2.08. The standard InChI is InChI=1S/C19H18Cl2N4O/c20-14-7-3-9-16(17(14)21)24-19-23-15-8-2-1-6-13(15)18(25-19)22-11-12-5-4-10-26-12/h1-3,6-9,12H,4-5,10-11H2,(H2,22,23,24,25). The van der Waals surface area contributed by atoms with Gasteiger partial charge in [0.25, 0.3) is 0 Å². The number of anilines is 3. The number of hydrogen-bond acceptors (Lipinski definition) is 5. The van der Waals surface area contributed by atoms with Crippen LogP contribution in [-0.4, -0.2) is 29.2 Å². The highest BCUT2D eigenvalue weighted by Crippen LogP contribution is 2.32. The van der Waals surface area contributed by atoms with Gasteiger partial charge in [-0.05, 0) is 37.1 Å². The molecule has 1 atom stereocenters. The number of halogens is 2. The zero-order valence-electron chi connectivity index (χ0n) is 14.0. The third-order valence-electron chi connectivity index (χ3n) is 4.32. The minimum atomic E-state index is 0.225. The molecule has 1 aliphatic heterocycles. The number of fused-ring (bicyclic) bond motifs is 1. The van der Waals surface area contributed by atoms with Crippen LogP contribution < -0.4 is 10.6 Å². The molecule has 1 fully saturated rings. The van der Waals surface area contributed by atoms with Crippen LogP contribution in [-0.2, 0) is 4.74 Å². The van der Waals surface area contributed by atoms with Crippen LogP contribution in [0.25, 0.3) is 10.9 Å². The fourth-order valence-corrected chi connectivity index (χ4v) is 3.35. The SMILES string of the molecule is Clc1cccc(Nc2nc(NCC3CCCO3)c3ccccc3n2)c1Cl. The molecule has 1 saturated heterocycles.